The van der Waals surface area contributed by atoms with E-state index in [0.29, 0.717) is 5.75 Å². The van der Waals surface area contributed by atoms with E-state index in [-0.39, 0.29) is 17.6 Å². The molecule has 2 nitrogen and oxygen atoms in total. The zero-order valence-corrected chi connectivity index (χ0v) is 14.0. The molecule has 0 heterocycles. The number of rotatable bonds is 5. The monoisotopic (exact) mass is 351 g/mol. The zero-order valence-electron chi connectivity index (χ0n) is 12.4. The van der Waals surface area contributed by atoms with Crippen molar-refractivity contribution >= 4 is 15.9 Å². The first-order chi connectivity index (χ1) is 10.0. The Morgan fingerprint density at radius 1 is 1.19 bits per heavy atom. The Balaban J connectivity index is 2.21. The number of hydrogen-bond acceptors (Lipinski definition) is 2. The van der Waals surface area contributed by atoms with Crippen molar-refractivity contribution < 1.29 is 9.13 Å². The van der Waals surface area contributed by atoms with Gasteiger partial charge in [0.15, 0.2) is 11.6 Å². The van der Waals surface area contributed by atoms with Crippen LogP contribution in [0.15, 0.2) is 40.9 Å². The third-order valence-corrected chi connectivity index (χ3v) is 3.82. The zero-order chi connectivity index (χ0) is 15.4. The number of hydrogen-bond donors (Lipinski definition) is 1. The Labute approximate surface area is 133 Å². The summed E-state index contributed by atoms with van der Waals surface area (Å²) in [7, 11) is 0. The second-order valence-electron chi connectivity index (χ2n) is 4.98. The molecule has 0 saturated carbocycles. The highest BCUT2D eigenvalue weighted by Crippen LogP contribution is 2.30. The summed E-state index contributed by atoms with van der Waals surface area (Å²) in [5.74, 6) is 0.553. The van der Waals surface area contributed by atoms with Crippen molar-refractivity contribution in [2.75, 3.05) is 6.54 Å². The smallest absolute Gasteiger partial charge is 0.166 e. The van der Waals surface area contributed by atoms with Crippen LogP contribution < -0.4 is 10.1 Å². The molecule has 0 aromatic heterocycles. The molecule has 2 aromatic rings. The van der Waals surface area contributed by atoms with Crippen LogP contribution in [-0.4, -0.2) is 6.54 Å². The first-order valence-electron chi connectivity index (χ1n) is 6.98. The maximum absolute atomic E-state index is 14.2. The van der Waals surface area contributed by atoms with Gasteiger partial charge in [0.2, 0.25) is 0 Å². The lowest BCUT2D eigenvalue weighted by Gasteiger charge is -2.15. The lowest BCUT2D eigenvalue weighted by atomic mass is 10.1. The third kappa shape index (κ3) is 4.05. The van der Waals surface area contributed by atoms with Gasteiger partial charge in [-0.2, -0.15) is 0 Å². The van der Waals surface area contributed by atoms with Crippen molar-refractivity contribution in [3.63, 3.8) is 0 Å². The van der Waals surface area contributed by atoms with Crippen LogP contribution in [0, 0.1) is 12.7 Å². The van der Waals surface area contributed by atoms with Gasteiger partial charge < -0.3 is 10.1 Å². The van der Waals surface area contributed by atoms with E-state index in [0.717, 1.165) is 22.1 Å². The van der Waals surface area contributed by atoms with Crippen molar-refractivity contribution in [3.8, 4) is 11.5 Å². The van der Waals surface area contributed by atoms with Gasteiger partial charge in [0.1, 0.15) is 5.75 Å². The molecule has 0 spiro atoms. The van der Waals surface area contributed by atoms with Crippen LogP contribution in [0.4, 0.5) is 4.39 Å². The van der Waals surface area contributed by atoms with E-state index < -0.39 is 0 Å². The van der Waals surface area contributed by atoms with Gasteiger partial charge in [0.25, 0.3) is 0 Å². The molecular formula is C17H19BrFNO. The first-order valence-corrected chi connectivity index (χ1v) is 7.77. The molecule has 0 bridgehead atoms. The molecule has 0 radical (unpaired) electrons. The van der Waals surface area contributed by atoms with Crippen LogP contribution in [0.2, 0.25) is 0 Å². The van der Waals surface area contributed by atoms with Crippen molar-refractivity contribution in [3.05, 3.63) is 57.8 Å². The average molecular weight is 352 g/mol. The SMILES string of the molecule is CCNC(C)c1ccc(Oc2ccc(Br)cc2C)c(F)c1. The quantitative estimate of drug-likeness (QED) is 0.782. The molecule has 21 heavy (non-hydrogen) atoms. The Kier molecular flexibility index (Phi) is 5.37. The van der Waals surface area contributed by atoms with Gasteiger partial charge in [0.05, 0.1) is 0 Å². The summed E-state index contributed by atoms with van der Waals surface area (Å²) in [5.41, 5.74) is 1.86. The largest absolute Gasteiger partial charge is 0.454 e. The Bertz CT molecular complexity index is 630. The van der Waals surface area contributed by atoms with E-state index in [1.54, 1.807) is 6.07 Å². The van der Waals surface area contributed by atoms with E-state index in [9.17, 15) is 4.39 Å². The summed E-state index contributed by atoms with van der Waals surface area (Å²) in [5, 5.41) is 3.26. The Morgan fingerprint density at radius 2 is 1.90 bits per heavy atom. The Morgan fingerprint density at radius 3 is 2.52 bits per heavy atom. The van der Waals surface area contributed by atoms with Gasteiger partial charge in [-0.25, -0.2) is 4.39 Å². The predicted octanol–water partition coefficient (Wildman–Crippen LogP) is 5.36. The summed E-state index contributed by atoms with van der Waals surface area (Å²) in [4.78, 5) is 0. The highest BCUT2D eigenvalue weighted by molar-refractivity contribution is 9.10. The van der Waals surface area contributed by atoms with E-state index in [2.05, 4.69) is 21.2 Å². The first kappa shape index (κ1) is 16.0. The Hall–Kier alpha value is -1.39. The van der Waals surface area contributed by atoms with Gasteiger partial charge in [-0.1, -0.05) is 28.9 Å². The summed E-state index contributed by atoms with van der Waals surface area (Å²) in [6.07, 6.45) is 0. The molecule has 0 fully saturated rings. The molecule has 112 valence electrons. The maximum Gasteiger partial charge on any atom is 0.166 e. The minimum atomic E-state index is -0.348. The molecule has 0 aliphatic rings. The maximum atomic E-state index is 14.2. The van der Waals surface area contributed by atoms with Gasteiger partial charge in [-0.15, -0.1) is 0 Å². The standard InChI is InChI=1S/C17H19BrFNO/c1-4-20-12(3)13-5-7-17(15(19)10-13)21-16-8-6-14(18)9-11(16)2/h5-10,12,20H,4H2,1-3H3. The number of nitrogens with one attached hydrogen (secondary N) is 1. The third-order valence-electron chi connectivity index (χ3n) is 3.32. The molecule has 0 amide bonds. The molecular weight excluding hydrogens is 333 g/mol. The minimum Gasteiger partial charge on any atom is -0.454 e. The molecule has 1 atom stereocenters. The van der Waals surface area contributed by atoms with E-state index >= 15 is 0 Å². The van der Waals surface area contributed by atoms with Crippen LogP contribution >= 0.6 is 15.9 Å². The van der Waals surface area contributed by atoms with E-state index in [1.807, 2.05) is 45.0 Å². The molecule has 4 heteroatoms. The van der Waals surface area contributed by atoms with Gasteiger partial charge >= 0.3 is 0 Å². The van der Waals surface area contributed by atoms with Crippen LogP contribution in [0.25, 0.3) is 0 Å². The fraction of sp³-hybridized carbons (Fsp3) is 0.294. The summed E-state index contributed by atoms with van der Waals surface area (Å²) >= 11 is 3.40. The average Bonchev–Trinajstić information content (AvgIpc) is 2.44. The highest BCUT2D eigenvalue weighted by atomic mass is 79.9. The number of halogens is 2. The topological polar surface area (TPSA) is 21.3 Å². The number of aryl methyl sites for hydroxylation is 1. The molecule has 1 unspecified atom stereocenters. The normalized spacial score (nSPS) is 12.2. The second kappa shape index (κ2) is 7.05. The summed E-state index contributed by atoms with van der Waals surface area (Å²) < 4.78 is 20.8. The van der Waals surface area contributed by atoms with Crippen molar-refractivity contribution in [1.82, 2.24) is 5.32 Å². The van der Waals surface area contributed by atoms with E-state index in [1.165, 1.54) is 6.07 Å². The minimum absolute atomic E-state index is 0.118. The van der Waals surface area contributed by atoms with Gasteiger partial charge in [-0.05, 0) is 61.9 Å². The fourth-order valence-corrected chi connectivity index (χ4v) is 2.61. The molecule has 0 saturated heterocycles. The van der Waals surface area contributed by atoms with Gasteiger partial charge in [0, 0.05) is 10.5 Å². The lowest BCUT2D eigenvalue weighted by molar-refractivity contribution is 0.438. The summed E-state index contributed by atoms with van der Waals surface area (Å²) in [6.45, 7) is 6.82. The summed E-state index contributed by atoms with van der Waals surface area (Å²) in [6, 6.07) is 10.9. The van der Waals surface area contributed by atoms with Gasteiger partial charge in [-0.3, -0.25) is 0 Å². The van der Waals surface area contributed by atoms with Crippen molar-refractivity contribution in [1.29, 1.82) is 0 Å². The number of ether oxygens (including phenoxy) is 1. The lowest BCUT2D eigenvalue weighted by Crippen LogP contribution is -2.17. The molecule has 0 aliphatic carbocycles. The number of benzene rings is 2. The molecule has 0 aliphatic heterocycles. The fourth-order valence-electron chi connectivity index (χ4n) is 2.14. The predicted molar refractivity (Wildman–Crippen MR) is 87.4 cm³/mol. The highest BCUT2D eigenvalue weighted by Gasteiger charge is 2.11. The van der Waals surface area contributed by atoms with Crippen LogP contribution in [0.5, 0.6) is 11.5 Å². The van der Waals surface area contributed by atoms with E-state index in [4.69, 9.17) is 4.74 Å². The molecule has 2 aromatic carbocycles. The molecule has 2 rings (SSSR count). The van der Waals surface area contributed by atoms with Crippen LogP contribution in [0.3, 0.4) is 0 Å². The second-order valence-corrected chi connectivity index (χ2v) is 5.90. The van der Waals surface area contributed by atoms with Crippen LogP contribution in [0.1, 0.15) is 31.0 Å². The van der Waals surface area contributed by atoms with Crippen molar-refractivity contribution in [2.45, 2.75) is 26.8 Å². The van der Waals surface area contributed by atoms with Crippen LogP contribution in [-0.2, 0) is 0 Å². The van der Waals surface area contributed by atoms with Crippen molar-refractivity contribution in [2.24, 2.45) is 0 Å². The molecule has 1 N–H and O–H groups in total.